The zero-order valence-electron chi connectivity index (χ0n) is 17.6. The van der Waals surface area contributed by atoms with E-state index in [1.807, 2.05) is 4.72 Å². The minimum atomic E-state index is -3.97. The minimum Gasteiger partial charge on any atom is -0.369 e. The highest BCUT2D eigenvalue weighted by Crippen LogP contribution is 2.33. The Kier molecular flexibility index (Phi) is 5.74. The number of hydrogen-bond donors (Lipinski definition) is 2. The first-order valence-electron chi connectivity index (χ1n) is 10.6. The Bertz CT molecular complexity index is 1410. The molecule has 2 heterocycles. The van der Waals surface area contributed by atoms with Crippen LogP contribution in [-0.2, 0) is 14.8 Å². The van der Waals surface area contributed by atoms with Crippen molar-refractivity contribution >= 4 is 32.5 Å². The predicted molar refractivity (Wildman–Crippen MR) is 116 cm³/mol. The predicted octanol–water partition coefficient (Wildman–Crippen LogP) is 2.84. The molecule has 1 aromatic heterocycles. The van der Waals surface area contributed by atoms with E-state index in [0.717, 1.165) is 6.54 Å². The summed E-state index contributed by atoms with van der Waals surface area (Å²) in [4.78, 5) is 21.7. The van der Waals surface area contributed by atoms with Gasteiger partial charge in [-0.25, -0.2) is 26.6 Å². The number of sulfonamides is 1. The van der Waals surface area contributed by atoms with Gasteiger partial charge in [-0.05, 0) is 31.0 Å². The molecule has 0 spiro atoms. The van der Waals surface area contributed by atoms with E-state index in [1.165, 1.54) is 24.4 Å². The van der Waals surface area contributed by atoms with Gasteiger partial charge in [-0.1, -0.05) is 0 Å². The lowest BCUT2D eigenvalue weighted by molar-refractivity contribution is 0.0250. The molecule has 5 rings (SSSR count). The van der Waals surface area contributed by atoms with Gasteiger partial charge >= 0.3 is 0 Å². The summed E-state index contributed by atoms with van der Waals surface area (Å²) in [5.41, 5.74) is -0.871. The first-order valence-corrected chi connectivity index (χ1v) is 12.1. The number of nitrogens with zero attached hydrogens (tertiary/aromatic N) is 2. The molecule has 2 aliphatic rings. The number of rotatable bonds is 6. The normalized spacial score (nSPS) is 18.7. The van der Waals surface area contributed by atoms with Gasteiger partial charge in [0.15, 0.2) is 23.2 Å². The number of ketones is 1. The highest BCUT2D eigenvalue weighted by molar-refractivity contribution is 7.93. The number of hydrogen-bond acceptors (Lipinski definition) is 7. The molecule has 1 saturated heterocycles. The molecule has 1 aliphatic heterocycles. The van der Waals surface area contributed by atoms with Crippen LogP contribution in [0.3, 0.4) is 0 Å². The van der Waals surface area contributed by atoms with Crippen molar-refractivity contribution < 1.29 is 31.1 Å². The van der Waals surface area contributed by atoms with E-state index in [0.29, 0.717) is 43.3 Å². The molecule has 2 N–H and O–H groups in total. The summed E-state index contributed by atoms with van der Waals surface area (Å²) in [5.74, 6) is -5.91. The van der Waals surface area contributed by atoms with Gasteiger partial charge < -0.3 is 10.1 Å². The van der Waals surface area contributed by atoms with Crippen LogP contribution in [0.1, 0.15) is 40.6 Å². The van der Waals surface area contributed by atoms with Crippen molar-refractivity contribution in [2.75, 3.05) is 24.4 Å². The number of aromatic nitrogens is 2. The van der Waals surface area contributed by atoms with Crippen LogP contribution in [0.25, 0.3) is 11.0 Å². The molecular formula is C22H19F3N4O4S. The van der Waals surface area contributed by atoms with Gasteiger partial charge in [0.05, 0.1) is 46.0 Å². The molecule has 1 unspecified atom stereocenters. The molecule has 12 heteroatoms. The van der Waals surface area contributed by atoms with E-state index in [-0.39, 0.29) is 17.2 Å². The van der Waals surface area contributed by atoms with Crippen LogP contribution in [0.2, 0.25) is 0 Å². The van der Waals surface area contributed by atoms with Crippen molar-refractivity contribution in [2.24, 2.45) is 0 Å². The third-order valence-corrected chi connectivity index (χ3v) is 7.53. The lowest BCUT2D eigenvalue weighted by Gasteiger charge is -2.22. The molecule has 178 valence electrons. The maximum Gasteiger partial charge on any atom is 0.235 e. The number of fused-ring (bicyclic) bond motifs is 1. The van der Waals surface area contributed by atoms with Crippen molar-refractivity contribution in [2.45, 2.75) is 24.2 Å². The van der Waals surface area contributed by atoms with E-state index in [2.05, 4.69) is 15.3 Å². The number of carbonyl (C=O) groups excluding carboxylic acids is 1. The van der Waals surface area contributed by atoms with Gasteiger partial charge in [0.2, 0.25) is 10.0 Å². The van der Waals surface area contributed by atoms with Gasteiger partial charge in [-0.15, -0.1) is 0 Å². The number of nitrogens with one attached hydrogen (secondary N) is 2. The third kappa shape index (κ3) is 4.24. The Labute approximate surface area is 192 Å². The molecular weight excluding hydrogens is 473 g/mol. The maximum absolute atomic E-state index is 15.0. The monoisotopic (exact) mass is 492 g/mol. The van der Waals surface area contributed by atoms with Crippen molar-refractivity contribution in [1.29, 1.82) is 0 Å². The molecule has 0 bridgehead atoms. The molecule has 2 fully saturated rings. The Balaban J connectivity index is 1.49. The molecule has 0 amide bonds. The van der Waals surface area contributed by atoms with E-state index in [9.17, 15) is 22.0 Å². The largest absolute Gasteiger partial charge is 0.369 e. The summed E-state index contributed by atoms with van der Waals surface area (Å²) in [6.07, 6.45) is 1.98. The van der Waals surface area contributed by atoms with Crippen molar-refractivity contribution in [3.63, 3.8) is 0 Å². The van der Waals surface area contributed by atoms with Crippen LogP contribution < -0.4 is 10.0 Å². The van der Waals surface area contributed by atoms with Gasteiger partial charge in [-0.3, -0.25) is 14.5 Å². The number of carbonyl (C=O) groups is 1. The van der Waals surface area contributed by atoms with Crippen LogP contribution in [0.15, 0.2) is 30.5 Å². The van der Waals surface area contributed by atoms with E-state index in [4.69, 9.17) is 4.74 Å². The highest BCUT2D eigenvalue weighted by atomic mass is 32.2. The summed E-state index contributed by atoms with van der Waals surface area (Å²) in [7, 11) is -3.97. The summed E-state index contributed by atoms with van der Waals surface area (Å²) in [5, 5.41) is 2.46. The van der Waals surface area contributed by atoms with Crippen LogP contribution in [0, 0.1) is 17.5 Å². The fraction of sp³-hybridized carbons (Fsp3) is 0.318. The zero-order valence-corrected chi connectivity index (χ0v) is 18.5. The second kappa shape index (κ2) is 8.60. The lowest BCUT2D eigenvalue weighted by atomic mass is 10.0. The first kappa shape index (κ1) is 22.7. The molecule has 8 nitrogen and oxygen atoms in total. The highest BCUT2D eigenvalue weighted by Gasteiger charge is 2.37. The van der Waals surface area contributed by atoms with Crippen LogP contribution >= 0.6 is 0 Å². The SMILES string of the molecule is O=C(c1ccc2nc(C3CNCCO3)cnc2c1)c1c(F)c(F)cc(NS(=O)(=O)C2CC2)c1F. The zero-order chi connectivity index (χ0) is 24.0. The standard InChI is InChI=1S/C22H19F3N4O4S/c23-13-8-16(29-34(31,32)12-2-3-12)21(25)19(20(13)24)22(30)11-1-4-14-15(7-11)27-9-17(28-14)18-10-26-5-6-33-18/h1,4,7-9,12,18,26,29H,2-3,5-6,10H2. The number of morpholine rings is 1. The number of anilines is 1. The third-order valence-electron chi connectivity index (χ3n) is 5.68. The van der Waals surface area contributed by atoms with Gasteiger partial charge in [0.25, 0.3) is 0 Å². The molecule has 34 heavy (non-hydrogen) atoms. The van der Waals surface area contributed by atoms with E-state index < -0.39 is 49.8 Å². The van der Waals surface area contributed by atoms with Crippen LogP contribution in [0.4, 0.5) is 18.9 Å². The van der Waals surface area contributed by atoms with Crippen LogP contribution in [-0.4, -0.2) is 49.1 Å². The van der Waals surface area contributed by atoms with Gasteiger partial charge in [-0.2, -0.15) is 0 Å². The Hall–Kier alpha value is -3.09. The van der Waals surface area contributed by atoms with Crippen molar-refractivity contribution in [3.8, 4) is 0 Å². The molecule has 0 radical (unpaired) electrons. The van der Waals surface area contributed by atoms with Gasteiger partial charge in [0, 0.05) is 24.7 Å². The summed E-state index contributed by atoms with van der Waals surface area (Å²) < 4.78 is 75.6. The topological polar surface area (TPSA) is 110 Å². The second-order valence-corrected chi connectivity index (χ2v) is 10.1. The smallest absolute Gasteiger partial charge is 0.235 e. The molecule has 1 aliphatic carbocycles. The summed E-state index contributed by atoms with van der Waals surface area (Å²) in [6, 6.07) is 4.42. The second-order valence-electron chi connectivity index (χ2n) is 8.15. The maximum atomic E-state index is 15.0. The Morgan fingerprint density at radius 3 is 2.62 bits per heavy atom. The average molecular weight is 492 g/mol. The quantitative estimate of drug-likeness (QED) is 0.402. The van der Waals surface area contributed by atoms with Gasteiger partial charge in [0.1, 0.15) is 6.10 Å². The molecule has 3 aromatic rings. The molecule has 1 atom stereocenters. The van der Waals surface area contributed by atoms with Crippen molar-refractivity contribution in [1.82, 2.24) is 15.3 Å². The number of ether oxygens (including phenoxy) is 1. The minimum absolute atomic E-state index is 0.162. The fourth-order valence-corrected chi connectivity index (χ4v) is 5.09. The number of benzene rings is 2. The summed E-state index contributed by atoms with van der Waals surface area (Å²) in [6.45, 7) is 1.84. The Morgan fingerprint density at radius 2 is 1.91 bits per heavy atom. The first-order chi connectivity index (χ1) is 16.2. The van der Waals surface area contributed by atoms with Crippen LogP contribution in [0.5, 0.6) is 0 Å². The molecule has 1 saturated carbocycles. The lowest BCUT2D eigenvalue weighted by Crippen LogP contribution is -2.33. The van der Waals surface area contributed by atoms with E-state index in [1.54, 1.807) is 0 Å². The average Bonchev–Trinajstić information content (AvgIpc) is 3.69. The molecule has 2 aromatic carbocycles. The van der Waals surface area contributed by atoms with Crippen molar-refractivity contribution in [3.05, 3.63) is 64.7 Å². The number of halogens is 3. The summed E-state index contributed by atoms with van der Waals surface area (Å²) >= 11 is 0. The fourth-order valence-electron chi connectivity index (χ4n) is 3.71. The Morgan fingerprint density at radius 1 is 1.12 bits per heavy atom. The van der Waals surface area contributed by atoms with E-state index >= 15 is 4.39 Å².